The monoisotopic (exact) mass is 336 g/mol. The molecular formula is C19H32N2O3. The molecule has 0 radical (unpaired) electrons. The van der Waals surface area contributed by atoms with Crippen LogP contribution in [0.15, 0.2) is 10.6 Å². The molecule has 0 amide bonds. The van der Waals surface area contributed by atoms with E-state index in [1.807, 2.05) is 19.9 Å². The van der Waals surface area contributed by atoms with Crippen molar-refractivity contribution in [3.05, 3.63) is 11.8 Å². The molecule has 2 atom stereocenters. The second kappa shape index (κ2) is 8.65. The van der Waals surface area contributed by atoms with Gasteiger partial charge in [0.05, 0.1) is 18.1 Å². The molecule has 5 nitrogen and oxygen atoms in total. The second-order valence-electron chi connectivity index (χ2n) is 7.29. The average molecular weight is 336 g/mol. The van der Waals surface area contributed by atoms with Gasteiger partial charge in [-0.15, -0.1) is 0 Å². The quantitative estimate of drug-likeness (QED) is 0.641. The molecule has 1 aliphatic carbocycles. The summed E-state index contributed by atoms with van der Waals surface area (Å²) in [5, 5.41) is 4.20. The number of rotatable bonds is 10. The molecule has 0 N–H and O–H groups in total. The lowest BCUT2D eigenvalue weighted by atomic mass is 9.90. The van der Waals surface area contributed by atoms with Gasteiger partial charge >= 0.3 is 0 Å². The molecule has 24 heavy (non-hydrogen) atoms. The average Bonchev–Trinajstić information content (AvgIpc) is 2.92. The zero-order chi connectivity index (χ0) is 17.7. The lowest BCUT2D eigenvalue weighted by molar-refractivity contribution is -0.119. The van der Waals surface area contributed by atoms with Gasteiger partial charge in [-0.1, -0.05) is 19.0 Å². The number of ketones is 1. The highest BCUT2D eigenvalue weighted by molar-refractivity contribution is 5.83. The summed E-state index contributed by atoms with van der Waals surface area (Å²) in [5.41, 5.74) is 0. The normalized spacial score (nSPS) is 17.6. The van der Waals surface area contributed by atoms with Crippen molar-refractivity contribution in [2.75, 3.05) is 18.0 Å². The fourth-order valence-electron chi connectivity index (χ4n) is 3.25. The van der Waals surface area contributed by atoms with E-state index in [9.17, 15) is 4.79 Å². The van der Waals surface area contributed by atoms with Crippen LogP contribution in [0.2, 0.25) is 0 Å². The summed E-state index contributed by atoms with van der Waals surface area (Å²) in [5.74, 6) is 1.60. The summed E-state index contributed by atoms with van der Waals surface area (Å²) in [4.78, 5) is 14.1. The zero-order valence-corrected chi connectivity index (χ0v) is 15.7. The van der Waals surface area contributed by atoms with Crippen LogP contribution in [0.25, 0.3) is 0 Å². The number of anilines is 1. The van der Waals surface area contributed by atoms with E-state index in [4.69, 9.17) is 9.26 Å². The highest BCUT2D eigenvalue weighted by atomic mass is 16.5. The molecule has 1 saturated carbocycles. The molecule has 0 bridgehead atoms. The Morgan fingerprint density at radius 1 is 1.42 bits per heavy atom. The van der Waals surface area contributed by atoms with E-state index in [0.29, 0.717) is 11.9 Å². The number of nitrogens with zero attached hydrogens (tertiary/aromatic N) is 2. The molecule has 1 fully saturated rings. The van der Waals surface area contributed by atoms with Gasteiger partial charge < -0.3 is 14.2 Å². The van der Waals surface area contributed by atoms with E-state index < -0.39 is 0 Å². The van der Waals surface area contributed by atoms with Crippen molar-refractivity contribution in [3.63, 3.8) is 0 Å². The largest absolute Gasteiger partial charge is 0.375 e. The predicted molar refractivity (Wildman–Crippen MR) is 95.5 cm³/mol. The van der Waals surface area contributed by atoms with Crippen molar-refractivity contribution in [2.24, 2.45) is 5.92 Å². The van der Waals surface area contributed by atoms with Crippen molar-refractivity contribution in [1.82, 2.24) is 5.16 Å². The second-order valence-corrected chi connectivity index (χ2v) is 7.29. The summed E-state index contributed by atoms with van der Waals surface area (Å²) in [6, 6.07) is 1.92. The maximum Gasteiger partial charge on any atom is 0.172 e. The molecule has 5 heteroatoms. The van der Waals surface area contributed by atoms with Crippen LogP contribution >= 0.6 is 0 Å². The van der Waals surface area contributed by atoms with Gasteiger partial charge in [0.2, 0.25) is 0 Å². The van der Waals surface area contributed by atoms with Crippen molar-refractivity contribution >= 4 is 11.6 Å². The van der Waals surface area contributed by atoms with Crippen LogP contribution < -0.4 is 4.90 Å². The van der Waals surface area contributed by atoms with Crippen LogP contribution in [0.1, 0.15) is 72.0 Å². The SMILES string of the molecule is CCN(CCC(C)OC1CCC1)c1cc([C@@H](C(C)=O)C(C)C)on1. The van der Waals surface area contributed by atoms with Crippen LogP contribution in [-0.4, -0.2) is 36.2 Å². The summed E-state index contributed by atoms with van der Waals surface area (Å²) < 4.78 is 11.5. The molecule has 0 spiro atoms. The molecular weight excluding hydrogens is 304 g/mol. The van der Waals surface area contributed by atoms with Crippen molar-refractivity contribution in [3.8, 4) is 0 Å². The van der Waals surface area contributed by atoms with Gasteiger partial charge in [0.15, 0.2) is 5.82 Å². The lowest BCUT2D eigenvalue weighted by Crippen LogP contribution is -2.31. The molecule has 1 aromatic rings. The highest BCUT2D eigenvalue weighted by Crippen LogP contribution is 2.29. The van der Waals surface area contributed by atoms with E-state index in [1.165, 1.54) is 19.3 Å². The van der Waals surface area contributed by atoms with Crippen molar-refractivity contribution in [1.29, 1.82) is 0 Å². The fourth-order valence-corrected chi connectivity index (χ4v) is 3.25. The third-order valence-electron chi connectivity index (χ3n) is 4.92. The van der Waals surface area contributed by atoms with E-state index in [0.717, 1.165) is 25.3 Å². The first-order valence-electron chi connectivity index (χ1n) is 9.29. The third kappa shape index (κ3) is 4.82. The Balaban J connectivity index is 1.93. The van der Waals surface area contributed by atoms with Gasteiger partial charge in [0, 0.05) is 19.2 Å². The standard InChI is InChI=1S/C19H32N2O3/c1-6-21(11-10-14(4)23-16-8-7-9-16)18-12-17(24-20-18)19(13(2)3)15(5)22/h12-14,16,19H,6-11H2,1-5H3/t14?,19-/m1/s1. The molecule has 0 aliphatic heterocycles. The molecule has 1 heterocycles. The van der Waals surface area contributed by atoms with Gasteiger partial charge in [-0.2, -0.15) is 0 Å². The summed E-state index contributed by atoms with van der Waals surface area (Å²) in [6.45, 7) is 11.7. The number of aromatic nitrogens is 1. The highest BCUT2D eigenvalue weighted by Gasteiger charge is 2.26. The minimum Gasteiger partial charge on any atom is -0.375 e. The molecule has 1 aliphatic rings. The maximum atomic E-state index is 11.9. The maximum absolute atomic E-state index is 11.9. The van der Waals surface area contributed by atoms with Gasteiger partial charge in [-0.05, 0) is 52.4 Å². The van der Waals surface area contributed by atoms with Crippen LogP contribution in [-0.2, 0) is 9.53 Å². The molecule has 136 valence electrons. The first-order valence-corrected chi connectivity index (χ1v) is 9.29. The zero-order valence-electron chi connectivity index (χ0n) is 15.7. The summed E-state index contributed by atoms with van der Waals surface area (Å²) >= 11 is 0. The number of hydrogen-bond acceptors (Lipinski definition) is 5. The van der Waals surface area contributed by atoms with Crippen LogP contribution in [0, 0.1) is 5.92 Å². The first-order chi connectivity index (χ1) is 11.4. The van der Waals surface area contributed by atoms with Crippen LogP contribution in [0.4, 0.5) is 5.82 Å². The Morgan fingerprint density at radius 3 is 2.62 bits per heavy atom. The topological polar surface area (TPSA) is 55.6 Å². The third-order valence-corrected chi connectivity index (χ3v) is 4.92. The molecule has 0 saturated heterocycles. The number of ether oxygens (including phenoxy) is 1. The fraction of sp³-hybridized carbons (Fsp3) is 0.789. The Morgan fingerprint density at radius 2 is 2.12 bits per heavy atom. The van der Waals surface area contributed by atoms with Gasteiger partial charge in [-0.3, -0.25) is 4.79 Å². The lowest BCUT2D eigenvalue weighted by Gasteiger charge is -2.30. The molecule has 2 rings (SSSR count). The van der Waals surface area contributed by atoms with Crippen molar-refractivity contribution < 1.29 is 14.1 Å². The van der Waals surface area contributed by atoms with E-state index in [1.54, 1.807) is 6.92 Å². The van der Waals surface area contributed by atoms with E-state index >= 15 is 0 Å². The summed E-state index contributed by atoms with van der Waals surface area (Å²) in [7, 11) is 0. The first kappa shape index (κ1) is 19.0. The Labute approximate surface area is 145 Å². The minimum absolute atomic E-state index is 0.123. The Bertz CT molecular complexity index is 522. The number of Topliss-reactive ketones (excluding diaryl/α,β-unsaturated/α-hetero) is 1. The molecule has 1 unspecified atom stereocenters. The number of hydrogen-bond donors (Lipinski definition) is 0. The number of carbonyl (C=O) groups excluding carboxylic acids is 1. The minimum atomic E-state index is -0.217. The van der Waals surface area contributed by atoms with Gasteiger partial charge in [0.1, 0.15) is 11.5 Å². The van der Waals surface area contributed by atoms with E-state index in [-0.39, 0.29) is 23.7 Å². The molecule has 0 aromatic carbocycles. The summed E-state index contributed by atoms with van der Waals surface area (Å²) in [6.07, 6.45) is 5.40. The van der Waals surface area contributed by atoms with E-state index in [2.05, 4.69) is 23.9 Å². The number of carbonyl (C=O) groups is 1. The van der Waals surface area contributed by atoms with Gasteiger partial charge in [-0.25, -0.2) is 0 Å². The van der Waals surface area contributed by atoms with Crippen LogP contribution in [0.5, 0.6) is 0 Å². The van der Waals surface area contributed by atoms with Gasteiger partial charge in [0.25, 0.3) is 0 Å². The molecule has 1 aromatic heterocycles. The Kier molecular flexibility index (Phi) is 6.84. The predicted octanol–water partition coefficient (Wildman–Crippen LogP) is 4.18. The van der Waals surface area contributed by atoms with Crippen LogP contribution in [0.3, 0.4) is 0 Å². The smallest absolute Gasteiger partial charge is 0.172 e. The van der Waals surface area contributed by atoms with Crippen molar-refractivity contribution in [2.45, 2.75) is 78.4 Å². The Hall–Kier alpha value is -1.36.